The number of amides is 1. The van der Waals surface area contributed by atoms with Gasteiger partial charge >= 0.3 is 6.09 Å². The van der Waals surface area contributed by atoms with E-state index in [2.05, 4.69) is 32.7 Å². The highest BCUT2D eigenvalue weighted by molar-refractivity contribution is 5.84. The van der Waals surface area contributed by atoms with Gasteiger partial charge < -0.3 is 14.4 Å². The molecular weight excluding hydrogens is 492 g/mol. The van der Waals surface area contributed by atoms with Crippen molar-refractivity contribution in [3.8, 4) is 11.4 Å². The number of hydrogen-bond donors (Lipinski definition) is 1. The molecule has 39 heavy (non-hydrogen) atoms. The molecule has 0 bridgehead atoms. The zero-order chi connectivity index (χ0) is 27.0. The van der Waals surface area contributed by atoms with Gasteiger partial charge in [-0.3, -0.25) is 15.2 Å². The molecule has 2 aliphatic rings. The van der Waals surface area contributed by atoms with Crippen molar-refractivity contribution in [3.05, 3.63) is 72.2 Å². The van der Waals surface area contributed by atoms with Crippen LogP contribution in [0.1, 0.15) is 29.7 Å². The number of aromatic nitrogens is 3. The number of rotatable bonds is 8. The van der Waals surface area contributed by atoms with E-state index in [0.29, 0.717) is 30.6 Å². The molecular formula is C30H36N6O3. The average Bonchev–Trinajstić information content (AvgIpc) is 2.99. The van der Waals surface area contributed by atoms with E-state index in [1.165, 1.54) is 12.7 Å². The van der Waals surface area contributed by atoms with Crippen LogP contribution in [0.3, 0.4) is 0 Å². The van der Waals surface area contributed by atoms with Crippen molar-refractivity contribution in [2.75, 3.05) is 56.7 Å². The molecule has 0 unspecified atom stereocenters. The smallest absolute Gasteiger partial charge is 0.411 e. The van der Waals surface area contributed by atoms with Crippen LogP contribution in [0.15, 0.2) is 55.4 Å². The Morgan fingerprint density at radius 2 is 1.90 bits per heavy atom. The predicted molar refractivity (Wildman–Crippen MR) is 153 cm³/mol. The summed E-state index contributed by atoms with van der Waals surface area (Å²) in [5, 5.41) is 2.69. The van der Waals surface area contributed by atoms with Crippen LogP contribution >= 0.6 is 0 Å². The lowest BCUT2D eigenvalue weighted by atomic mass is 9.90. The fraction of sp³-hybridized carbons (Fsp3) is 0.400. The highest BCUT2D eigenvalue weighted by Crippen LogP contribution is 2.31. The average molecular weight is 529 g/mol. The molecule has 2 aromatic heterocycles. The van der Waals surface area contributed by atoms with E-state index < -0.39 is 6.09 Å². The standard InChI is InChI=1S/C30H36N6O3/c1-3-26-27(19-22-10-13-35(14-11-22)21-23-5-4-12-31-20-23)33-28(34-29(26)36-15-17-39-18-16-36)24-6-8-25(9-7-24)32-30(37)38-2/h3-9,12,20,22H,1,10-11,13-19,21H2,2H3,(H,32,37). The highest BCUT2D eigenvalue weighted by atomic mass is 16.5. The molecule has 0 aliphatic carbocycles. The van der Waals surface area contributed by atoms with Gasteiger partial charge in [0.15, 0.2) is 5.82 Å². The number of pyridine rings is 1. The second kappa shape index (κ2) is 12.8. The molecule has 3 aromatic rings. The lowest BCUT2D eigenvalue weighted by Crippen LogP contribution is -2.37. The summed E-state index contributed by atoms with van der Waals surface area (Å²) in [6.45, 7) is 10.1. The monoisotopic (exact) mass is 528 g/mol. The van der Waals surface area contributed by atoms with Crippen LogP contribution in [-0.2, 0) is 22.4 Å². The number of methoxy groups -OCH3 is 1. The van der Waals surface area contributed by atoms with E-state index in [0.717, 1.165) is 74.6 Å². The van der Waals surface area contributed by atoms with E-state index in [4.69, 9.17) is 19.4 Å². The summed E-state index contributed by atoms with van der Waals surface area (Å²) in [7, 11) is 1.35. The lowest BCUT2D eigenvalue weighted by molar-refractivity contribution is 0.122. The maximum Gasteiger partial charge on any atom is 0.411 e. The Bertz CT molecular complexity index is 1250. The van der Waals surface area contributed by atoms with Gasteiger partial charge in [0.2, 0.25) is 0 Å². The SMILES string of the molecule is C=Cc1c(CC2CCN(Cc3cccnc3)CC2)nc(-c2ccc(NC(=O)OC)cc2)nc1N1CCOCC1. The first kappa shape index (κ1) is 26.8. The summed E-state index contributed by atoms with van der Waals surface area (Å²) in [6, 6.07) is 11.7. The molecule has 2 fully saturated rings. The Hall–Kier alpha value is -3.82. The van der Waals surface area contributed by atoms with Crippen molar-refractivity contribution >= 4 is 23.7 Å². The molecule has 0 radical (unpaired) electrons. The van der Waals surface area contributed by atoms with E-state index in [9.17, 15) is 4.79 Å². The molecule has 2 aliphatic heterocycles. The predicted octanol–water partition coefficient (Wildman–Crippen LogP) is 4.65. The summed E-state index contributed by atoms with van der Waals surface area (Å²) in [5.74, 6) is 2.13. The van der Waals surface area contributed by atoms with E-state index in [-0.39, 0.29) is 0 Å². The largest absolute Gasteiger partial charge is 0.453 e. The normalized spacial score (nSPS) is 16.6. The Morgan fingerprint density at radius 1 is 1.13 bits per heavy atom. The van der Waals surface area contributed by atoms with Gasteiger partial charge in [-0.25, -0.2) is 14.8 Å². The molecule has 9 heteroatoms. The first-order valence-electron chi connectivity index (χ1n) is 13.6. The third kappa shape index (κ3) is 6.79. The Kier molecular flexibility index (Phi) is 8.80. The molecule has 0 saturated carbocycles. The fourth-order valence-electron chi connectivity index (χ4n) is 5.26. The molecule has 2 saturated heterocycles. The number of piperidine rings is 1. The number of morpholine rings is 1. The number of ether oxygens (including phenoxy) is 2. The van der Waals surface area contributed by atoms with Gasteiger partial charge in [-0.15, -0.1) is 0 Å². The lowest BCUT2D eigenvalue weighted by Gasteiger charge is -2.33. The fourth-order valence-corrected chi connectivity index (χ4v) is 5.26. The summed E-state index contributed by atoms with van der Waals surface area (Å²) in [4.78, 5) is 30.7. The van der Waals surface area contributed by atoms with Crippen LogP contribution in [0.25, 0.3) is 17.5 Å². The zero-order valence-electron chi connectivity index (χ0n) is 22.5. The summed E-state index contributed by atoms with van der Waals surface area (Å²) >= 11 is 0. The van der Waals surface area contributed by atoms with Crippen LogP contribution in [0, 0.1) is 5.92 Å². The number of anilines is 2. The first-order chi connectivity index (χ1) is 19.1. The van der Waals surface area contributed by atoms with Crippen LogP contribution in [0.4, 0.5) is 16.3 Å². The van der Waals surface area contributed by atoms with Gasteiger partial charge in [0.1, 0.15) is 5.82 Å². The number of likely N-dealkylation sites (tertiary alicyclic amines) is 1. The van der Waals surface area contributed by atoms with Crippen molar-refractivity contribution in [1.29, 1.82) is 0 Å². The van der Waals surface area contributed by atoms with Gasteiger partial charge in [0.05, 0.1) is 26.0 Å². The van der Waals surface area contributed by atoms with Gasteiger partial charge in [0, 0.05) is 48.8 Å². The maximum absolute atomic E-state index is 11.6. The Morgan fingerprint density at radius 3 is 2.56 bits per heavy atom. The first-order valence-corrected chi connectivity index (χ1v) is 13.6. The molecule has 4 heterocycles. The van der Waals surface area contributed by atoms with Crippen molar-refractivity contribution in [2.45, 2.75) is 25.8 Å². The maximum atomic E-state index is 11.6. The number of nitrogens with one attached hydrogen (secondary N) is 1. The van der Waals surface area contributed by atoms with Gasteiger partial charge in [-0.1, -0.05) is 18.7 Å². The number of carbonyl (C=O) groups is 1. The van der Waals surface area contributed by atoms with Crippen LogP contribution < -0.4 is 10.2 Å². The van der Waals surface area contributed by atoms with E-state index in [1.807, 2.05) is 48.8 Å². The molecule has 0 atom stereocenters. The van der Waals surface area contributed by atoms with Crippen LogP contribution in [0.5, 0.6) is 0 Å². The Balaban J connectivity index is 1.37. The van der Waals surface area contributed by atoms with E-state index >= 15 is 0 Å². The van der Waals surface area contributed by atoms with Gasteiger partial charge in [-0.2, -0.15) is 0 Å². The minimum absolute atomic E-state index is 0.502. The van der Waals surface area contributed by atoms with Gasteiger partial charge in [0.25, 0.3) is 0 Å². The summed E-state index contributed by atoms with van der Waals surface area (Å²) in [6.07, 6.45) is 8.31. The second-order valence-corrected chi connectivity index (χ2v) is 10.0. The zero-order valence-corrected chi connectivity index (χ0v) is 22.5. The number of hydrogen-bond acceptors (Lipinski definition) is 8. The topological polar surface area (TPSA) is 92.7 Å². The number of benzene rings is 1. The molecule has 204 valence electrons. The molecule has 5 rings (SSSR count). The van der Waals surface area contributed by atoms with Crippen molar-refractivity contribution < 1.29 is 14.3 Å². The molecule has 1 amide bonds. The van der Waals surface area contributed by atoms with Crippen LogP contribution in [0.2, 0.25) is 0 Å². The van der Waals surface area contributed by atoms with Gasteiger partial charge in [-0.05, 0) is 74.2 Å². The highest BCUT2D eigenvalue weighted by Gasteiger charge is 2.25. The minimum Gasteiger partial charge on any atom is -0.453 e. The summed E-state index contributed by atoms with van der Waals surface area (Å²) < 4.78 is 10.3. The second-order valence-electron chi connectivity index (χ2n) is 10.0. The molecule has 9 nitrogen and oxygen atoms in total. The van der Waals surface area contributed by atoms with Crippen molar-refractivity contribution in [2.24, 2.45) is 5.92 Å². The van der Waals surface area contributed by atoms with E-state index in [1.54, 1.807) is 0 Å². The number of nitrogens with zero attached hydrogens (tertiary/aromatic N) is 5. The molecule has 0 spiro atoms. The molecule has 1 N–H and O–H groups in total. The molecule has 1 aromatic carbocycles. The Labute approximate surface area is 229 Å². The third-order valence-electron chi connectivity index (χ3n) is 7.41. The van der Waals surface area contributed by atoms with Crippen molar-refractivity contribution in [1.82, 2.24) is 19.9 Å². The van der Waals surface area contributed by atoms with Crippen molar-refractivity contribution in [3.63, 3.8) is 0 Å². The van der Waals surface area contributed by atoms with Crippen LogP contribution in [-0.4, -0.2) is 72.4 Å². The summed E-state index contributed by atoms with van der Waals surface area (Å²) in [5.41, 5.74) is 4.86. The minimum atomic E-state index is -0.502. The third-order valence-corrected chi connectivity index (χ3v) is 7.41. The quantitative estimate of drug-likeness (QED) is 0.452. The number of carbonyl (C=O) groups excluding carboxylic acids is 1.